The van der Waals surface area contributed by atoms with Crippen molar-refractivity contribution >= 4 is 45.1 Å². The van der Waals surface area contributed by atoms with Crippen molar-refractivity contribution in [3.05, 3.63) is 62.8 Å². The number of benzene rings is 1. The number of H-pyrrole nitrogens is 1. The summed E-state index contributed by atoms with van der Waals surface area (Å²) in [7, 11) is 1.72. The summed E-state index contributed by atoms with van der Waals surface area (Å²) in [4.78, 5) is 28.1. The highest BCUT2D eigenvalue weighted by molar-refractivity contribution is 6.29. The zero-order chi connectivity index (χ0) is 20.7. The predicted octanol–water partition coefficient (Wildman–Crippen LogP) is 3.12. The second-order valence-corrected chi connectivity index (χ2v) is 7.24. The van der Waals surface area contributed by atoms with E-state index in [-0.39, 0.29) is 16.4 Å². The van der Waals surface area contributed by atoms with E-state index in [2.05, 4.69) is 20.5 Å². The van der Waals surface area contributed by atoms with Gasteiger partial charge in [-0.3, -0.25) is 14.5 Å². The molecule has 4 aromatic rings. The van der Waals surface area contributed by atoms with Gasteiger partial charge in [0.15, 0.2) is 5.69 Å². The Morgan fingerprint density at radius 3 is 2.86 bits per heavy atom. The molecule has 8 nitrogen and oxygen atoms in total. The fourth-order valence-electron chi connectivity index (χ4n) is 3.62. The van der Waals surface area contributed by atoms with Crippen LogP contribution in [-0.2, 0) is 13.5 Å². The monoisotopic (exact) mass is 411 g/mol. The van der Waals surface area contributed by atoms with E-state index in [0.717, 1.165) is 21.9 Å². The van der Waals surface area contributed by atoms with Crippen molar-refractivity contribution in [3.63, 3.8) is 0 Å². The number of nitrogens with zero attached hydrogens (tertiary/aromatic N) is 3. The third-order valence-corrected chi connectivity index (χ3v) is 5.11. The predicted molar refractivity (Wildman–Crippen MR) is 112 cm³/mol. The number of hydrogen-bond donors (Lipinski definition) is 3. The van der Waals surface area contributed by atoms with Gasteiger partial charge in [-0.2, -0.15) is 5.10 Å². The molecule has 0 fully saturated rings. The minimum absolute atomic E-state index is 0.0928. The summed E-state index contributed by atoms with van der Waals surface area (Å²) < 4.78 is 1.56. The Morgan fingerprint density at radius 2 is 2.10 bits per heavy atom. The SMILES string of the molecule is Cc1cc(CCNc2ccc(Cl)nc2C(=O)O)c2c(c1)c(=O)n(C)c1[nH]ncc21. The summed E-state index contributed by atoms with van der Waals surface area (Å²) >= 11 is 5.80. The fraction of sp³-hybridized carbons (Fsp3) is 0.200. The van der Waals surface area contributed by atoms with E-state index >= 15 is 0 Å². The summed E-state index contributed by atoms with van der Waals surface area (Å²) in [5.41, 5.74) is 2.79. The van der Waals surface area contributed by atoms with Crippen LogP contribution in [0.25, 0.3) is 21.8 Å². The van der Waals surface area contributed by atoms with Gasteiger partial charge in [0.2, 0.25) is 0 Å². The molecule has 3 N–H and O–H groups in total. The number of aromatic amines is 1. The molecule has 0 atom stereocenters. The lowest BCUT2D eigenvalue weighted by Crippen LogP contribution is -2.18. The number of carbonyl (C=O) groups is 1. The average Bonchev–Trinajstić information content (AvgIpc) is 3.16. The van der Waals surface area contributed by atoms with E-state index in [4.69, 9.17) is 11.6 Å². The maximum Gasteiger partial charge on any atom is 0.356 e. The van der Waals surface area contributed by atoms with Gasteiger partial charge in [0.25, 0.3) is 5.56 Å². The van der Waals surface area contributed by atoms with E-state index in [1.165, 1.54) is 6.07 Å². The first-order chi connectivity index (χ1) is 13.9. The van der Waals surface area contributed by atoms with Crippen LogP contribution in [0.2, 0.25) is 5.15 Å². The molecule has 9 heteroatoms. The molecule has 3 heterocycles. The quantitative estimate of drug-likeness (QED) is 0.435. The average molecular weight is 412 g/mol. The van der Waals surface area contributed by atoms with Gasteiger partial charge in [-0.05, 0) is 37.1 Å². The van der Waals surface area contributed by atoms with E-state index in [1.807, 2.05) is 19.1 Å². The Kier molecular flexibility index (Phi) is 4.71. The maximum atomic E-state index is 12.8. The van der Waals surface area contributed by atoms with Crippen LogP contribution in [0.4, 0.5) is 5.69 Å². The Hall–Kier alpha value is -3.39. The number of aryl methyl sites for hydroxylation is 2. The van der Waals surface area contributed by atoms with Crippen LogP contribution in [0.5, 0.6) is 0 Å². The Balaban J connectivity index is 1.73. The van der Waals surface area contributed by atoms with Gasteiger partial charge >= 0.3 is 5.97 Å². The molecule has 4 rings (SSSR count). The molecule has 1 aromatic carbocycles. The molecule has 0 aliphatic carbocycles. The van der Waals surface area contributed by atoms with Gasteiger partial charge in [0, 0.05) is 29.8 Å². The summed E-state index contributed by atoms with van der Waals surface area (Å²) in [6.07, 6.45) is 2.29. The zero-order valence-corrected chi connectivity index (χ0v) is 16.5. The van der Waals surface area contributed by atoms with Gasteiger partial charge < -0.3 is 10.4 Å². The van der Waals surface area contributed by atoms with Crippen molar-refractivity contribution in [1.82, 2.24) is 19.7 Å². The van der Waals surface area contributed by atoms with Crippen molar-refractivity contribution in [1.29, 1.82) is 0 Å². The van der Waals surface area contributed by atoms with Gasteiger partial charge in [-0.25, -0.2) is 9.78 Å². The van der Waals surface area contributed by atoms with Crippen molar-refractivity contribution in [2.45, 2.75) is 13.3 Å². The third kappa shape index (κ3) is 3.31. The van der Waals surface area contributed by atoms with Crippen LogP contribution in [0.15, 0.2) is 35.3 Å². The summed E-state index contributed by atoms with van der Waals surface area (Å²) in [6, 6.07) is 7.05. The number of carboxylic acids is 1. The van der Waals surface area contributed by atoms with Crippen LogP contribution >= 0.6 is 11.6 Å². The van der Waals surface area contributed by atoms with Crippen molar-refractivity contribution < 1.29 is 9.90 Å². The lowest BCUT2D eigenvalue weighted by molar-refractivity contribution is 0.0691. The number of hydrogen-bond acceptors (Lipinski definition) is 5. The molecule has 148 valence electrons. The van der Waals surface area contributed by atoms with Crippen LogP contribution in [0, 0.1) is 6.92 Å². The number of carboxylic acid groups (broad SMARTS) is 1. The number of nitrogens with one attached hydrogen (secondary N) is 2. The normalized spacial score (nSPS) is 11.3. The Bertz CT molecular complexity index is 1330. The first-order valence-corrected chi connectivity index (χ1v) is 9.33. The molecular weight excluding hydrogens is 394 g/mol. The van der Waals surface area contributed by atoms with Gasteiger partial charge in [-0.1, -0.05) is 23.2 Å². The van der Waals surface area contributed by atoms with Crippen LogP contribution < -0.4 is 10.9 Å². The molecule has 29 heavy (non-hydrogen) atoms. The second kappa shape index (κ2) is 7.21. The molecule has 0 saturated carbocycles. The lowest BCUT2D eigenvalue weighted by Gasteiger charge is -2.13. The number of pyridine rings is 2. The maximum absolute atomic E-state index is 12.8. The number of aromatic nitrogens is 4. The summed E-state index contributed by atoms with van der Waals surface area (Å²) in [5.74, 6) is -1.15. The number of fused-ring (bicyclic) bond motifs is 3. The summed E-state index contributed by atoms with van der Waals surface area (Å²) in [5, 5.41) is 21.9. The number of anilines is 1. The standard InChI is InChI=1S/C20H18ClN5O3/c1-10-7-11(5-6-22-14-3-4-15(21)24-17(14)20(28)29)16-12(8-10)19(27)26(2)18-13(16)9-23-25-18/h3-4,7-9,22H,5-6H2,1-2H3,(H,23,25)(H,28,29). The smallest absolute Gasteiger partial charge is 0.356 e. The molecule has 0 radical (unpaired) electrons. The fourth-order valence-corrected chi connectivity index (χ4v) is 3.77. The van der Waals surface area contributed by atoms with Crippen molar-refractivity contribution in [3.8, 4) is 0 Å². The largest absolute Gasteiger partial charge is 0.476 e. The lowest BCUT2D eigenvalue weighted by atomic mass is 9.98. The molecule has 3 aromatic heterocycles. The molecule has 0 spiro atoms. The zero-order valence-electron chi connectivity index (χ0n) is 15.8. The molecule has 0 aliphatic heterocycles. The van der Waals surface area contributed by atoms with E-state index in [9.17, 15) is 14.7 Å². The minimum atomic E-state index is -1.15. The second-order valence-electron chi connectivity index (χ2n) is 6.86. The number of aromatic carboxylic acids is 1. The van der Waals surface area contributed by atoms with E-state index in [0.29, 0.717) is 29.7 Å². The molecule has 0 saturated heterocycles. The molecule has 0 bridgehead atoms. The van der Waals surface area contributed by atoms with Crippen molar-refractivity contribution in [2.75, 3.05) is 11.9 Å². The minimum Gasteiger partial charge on any atom is -0.476 e. The van der Waals surface area contributed by atoms with Gasteiger partial charge in [0.1, 0.15) is 10.8 Å². The van der Waals surface area contributed by atoms with E-state index < -0.39 is 5.97 Å². The Labute approximate surface area is 170 Å². The molecule has 0 aliphatic rings. The molecule has 0 amide bonds. The number of halogens is 1. The highest BCUT2D eigenvalue weighted by atomic mass is 35.5. The first kappa shape index (κ1) is 18.9. The molecule has 0 unspecified atom stereocenters. The highest BCUT2D eigenvalue weighted by Gasteiger charge is 2.15. The van der Waals surface area contributed by atoms with E-state index in [1.54, 1.807) is 23.9 Å². The van der Waals surface area contributed by atoms with Crippen LogP contribution in [0.3, 0.4) is 0 Å². The Morgan fingerprint density at radius 1 is 1.31 bits per heavy atom. The highest BCUT2D eigenvalue weighted by Crippen LogP contribution is 2.27. The van der Waals surface area contributed by atoms with Gasteiger partial charge in [-0.15, -0.1) is 0 Å². The molecular formula is C20H18ClN5O3. The third-order valence-electron chi connectivity index (χ3n) is 4.90. The van der Waals surface area contributed by atoms with Gasteiger partial charge in [0.05, 0.1) is 11.9 Å². The topological polar surface area (TPSA) is 113 Å². The van der Waals surface area contributed by atoms with Crippen LogP contribution in [0.1, 0.15) is 21.6 Å². The first-order valence-electron chi connectivity index (χ1n) is 8.96. The van der Waals surface area contributed by atoms with Crippen molar-refractivity contribution in [2.24, 2.45) is 7.05 Å². The number of rotatable bonds is 5. The van der Waals surface area contributed by atoms with Crippen LogP contribution in [-0.4, -0.2) is 37.4 Å². The summed E-state index contributed by atoms with van der Waals surface area (Å²) in [6.45, 7) is 2.40.